The predicted molar refractivity (Wildman–Crippen MR) is 68.1 cm³/mol. The highest BCUT2D eigenvalue weighted by Gasteiger charge is 2.16. The van der Waals surface area contributed by atoms with Crippen molar-refractivity contribution in [1.82, 2.24) is 5.01 Å². The van der Waals surface area contributed by atoms with E-state index in [0.717, 1.165) is 12.0 Å². The summed E-state index contributed by atoms with van der Waals surface area (Å²) in [5.41, 5.74) is 1.05. The average Bonchev–Trinajstić information content (AvgIpc) is 2.17. The van der Waals surface area contributed by atoms with Crippen molar-refractivity contribution in [3.8, 4) is 0 Å². The van der Waals surface area contributed by atoms with Crippen LogP contribution in [0.4, 0.5) is 0 Å². The third kappa shape index (κ3) is 5.58. The molecule has 1 atom stereocenters. The van der Waals surface area contributed by atoms with E-state index in [1.165, 1.54) is 5.01 Å². The van der Waals surface area contributed by atoms with Gasteiger partial charge in [-0.05, 0) is 39.0 Å². The van der Waals surface area contributed by atoms with Crippen LogP contribution in [0.2, 0.25) is 0 Å². The van der Waals surface area contributed by atoms with Crippen LogP contribution in [0.3, 0.4) is 0 Å². The molecule has 0 amide bonds. The van der Waals surface area contributed by atoms with Crippen LogP contribution in [0.1, 0.15) is 26.7 Å². The average molecular weight is 223 g/mol. The number of hydrogen-bond acceptors (Lipinski definition) is 4. The Hall–Kier alpha value is -1.26. The van der Waals surface area contributed by atoms with Crippen LogP contribution in [0.5, 0.6) is 0 Å². The van der Waals surface area contributed by atoms with Gasteiger partial charge in [0, 0.05) is 13.2 Å². The maximum Gasteiger partial charge on any atom is 0.148 e. The summed E-state index contributed by atoms with van der Waals surface area (Å²) in [7, 11) is 1.71. The van der Waals surface area contributed by atoms with Crippen molar-refractivity contribution in [2.45, 2.75) is 32.7 Å². The highest BCUT2D eigenvalue weighted by atomic mass is 16.1. The lowest BCUT2D eigenvalue weighted by atomic mass is 10.0. The zero-order chi connectivity index (χ0) is 12.6. The molecule has 0 saturated heterocycles. The second-order valence-electron chi connectivity index (χ2n) is 3.72. The molecule has 2 N–H and O–H groups in total. The highest BCUT2D eigenvalue weighted by Crippen LogP contribution is 2.12. The van der Waals surface area contributed by atoms with Crippen LogP contribution in [-0.2, 0) is 4.79 Å². The van der Waals surface area contributed by atoms with E-state index in [1.807, 2.05) is 19.1 Å². The number of aliphatic imine (C=N–C) groups is 1. The maximum atomic E-state index is 11.3. The van der Waals surface area contributed by atoms with Crippen molar-refractivity contribution in [2.24, 2.45) is 10.8 Å². The topological polar surface area (TPSA) is 58.7 Å². The van der Waals surface area contributed by atoms with Crippen molar-refractivity contribution in [1.29, 1.82) is 0 Å². The molecule has 16 heavy (non-hydrogen) atoms. The van der Waals surface area contributed by atoms with Crippen LogP contribution in [-0.4, -0.2) is 30.6 Å². The molecule has 0 rings (SSSR count). The van der Waals surface area contributed by atoms with Gasteiger partial charge in [0.25, 0.3) is 0 Å². The number of carbonyl (C=O) groups is 1. The summed E-state index contributed by atoms with van der Waals surface area (Å²) >= 11 is 0. The number of likely N-dealkylation sites (N-methyl/N-ethyl adjacent to an activating group) is 1. The van der Waals surface area contributed by atoms with Gasteiger partial charge in [-0.25, -0.2) is 5.01 Å². The molecular weight excluding hydrogens is 202 g/mol. The molecule has 0 aromatic heterocycles. The lowest BCUT2D eigenvalue weighted by Gasteiger charge is -2.20. The van der Waals surface area contributed by atoms with Gasteiger partial charge >= 0.3 is 0 Å². The lowest BCUT2D eigenvalue weighted by Crippen LogP contribution is -2.42. The number of carbonyl (C=O) groups excluding carboxylic acids is 1. The van der Waals surface area contributed by atoms with Crippen LogP contribution < -0.4 is 5.84 Å². The fourth-order valence-corrected chi connectivity index (χ4v) is 1.52. The quantitative estimate of drug-likeness (QED) is 0.309. The van der Waals surface area contributed by atoms with Crippen molar-refractivity contribution < 1.29 is 4.79 Å². The summed E-state index contributed by atoms with van der Waals surface area (Å²) in [5.74, 6) is 5.69. The monoisotopic (exact) mass is 223 g/mol. The fraction of sp³-hybridized carbons (Fsp3) is 0.500. The number of ketones is 1. The Morgan fingerprint density at radius 1 is 1.62 bits per heavy atom. The lowest BCUT2D eigenvalue weighted by molar-refractivity contribution is -0.121. The van der Waals surface area contributed by atoms with E-state index in [9.17, 15) is 4.79 Å². The van der Waals surface area contributed by atoms with Crippen LogP contribution in [0.25, 0.3) is 0 Å². The molecule has 0 aliphatic rings. The molecule has 0 aliphatic heterocycles. The minimum Gasteiger partial charge on any atom is -0.298 e. The van der Waals surface area contributed by atoms with Gasteiger partial charge in [-0.3, -0.25) is 15.6 Å². The molecule has 4 heteroatoms. The van der Waals surface area contributed by atoms with Crippen molar-refractivity contribution in [2.75, 3.05) is 7.05 Å². The molecule has 90 valence electrons. The van der Waals surface area contributed by atoms with Crippen LogP contribution >= 0.6 is 0 Å². The second-order valence-corrected chi connectivity index (χ2v) is 3.72. The first-order valence-electron chi connectivity index (χ1n) is 5.28. The van der Waals surface area contributed by atoms with Crippen molar-refractivity contribution in [3.63, 3.8) is 0 Å². The first-order chi connectivity index (χ1) is 7.52. The number of hydrogen-bond donors (Lipinski definition) is 1. The number of allylic oxidation sites excluding steroid dienone is 3. The van der Waals surface area contributed by atoms with Gasteiger partial charge in [-0.1, -0.05) is 12.2 Å². The molecule has 0 fully saturated rings. The number of nitrogens with zero attached hydrogens (tertiary/aromatic N) is 2. The van der Waals surface area contributed by atoms with E-state index in [4.69, 9.17) is 5.84 Å². The zero-order valence-corrected chi connectivity index (χ0v) is 10.3. The smallest absolute Gasteiger partial charge is 0.148 e. The maximum absolute atomic E-state index is 11.3. The Bertz CT molecular complexity index is 293. The Morgan fingerprint density at radius 3 is 2.62 bits per heavy atom. The van der Waals surface area contributed by atoms with E-state index >= 15 is 0 Å². The minimum atomic E-state index is -0.238. The van der Waals surface area contributed by atoms with E-state index < -0.39 is 0 Å². The van der Waals surface area contributed by atoms with E-state index in [2.05, 4.69) is 11.7 Å². The molecule has 0 aliphatic carbocycles. The molecule has 4 nitrogen and oxygen atoms in total. The molecular formula is C12H21N3O. The predicted octanol–water partition coefficient (Wildman–Crippen LogP) is 1.69. The number of rotatable bonds is 7. The molecule has 0 aromatic rings. The molecule has 1 unspecified atom stereocenters. The number of nitrogens with two attached hydrogens (primary N) is 1. The summed E-state index contributed by atoms with van der Waals surface area (Å²) in [6.45, 7) is 6.91. The molecule has 0 heterocycles. The molecule has 0 radical (unpaired) electrons. The van der Waals surface area contributed by atoms with Gasteiger partial charge in [0.1, 0.15) is 5.78 Å². The highest BCUT2D eigenvalue weighted by molar-refractivity contribution is 5.81. The van der Waals surface area contributed by atoms with Crippen molar-refractivity contribution in [3.05, 3.63) is 23.9 Å². The molecule has 0 saturated carbocycles. The Balaban J connectivity index is 4.43. The summed E-state index contributed by atoms with van der Waals surface area (Å²) in [4.78, 5) is 15.0. The molecule has 0 aromatic carbocycles. The Labute approximate surface area is 97.5 Å². The SMILES string of the molecule is C=N/C=C(\C=C/C)CCC(C(C)=O)N(C)N. The minimum absolute atomic E-state index is 0.0800. The molecule has 0 spiro atoms. The third-order valence-corrected chi connectivity index (χ3v) is 2.31. The number of hydrazine groups is 1. The summed E-state index contributed by atoms with van der Waals surface area (Å²) in [5, 5.41) is 1.46. The summed E-state index contributed by atoms with van der Waals surface area (Å²) in [6, 6.07) is -0.238. The standard InChI is InChI=1S/C12H21N3O/c1-5-6-11(9-14-3)7-8-12(10(2)16)15(4)13/h5-6,9,12H,3,7-8,13H2,1-2,4H3/b6-5-,11-9+. The largest absolute Gasteiger partial charge is 0.298 e. The third-order valence-electron chi connectivity index (χ3n) is 2.31. The van der Waals surface area contributed by atoms with Gasteiger partial charge in [0.2, 0.25) is 0 Å². The summed E-state index contributed by atoms with van der Waals surface area (Å²) < 4.78 is 0. The van der Waals surface area contributed by atoms with Gasteiger partial charge in [-0.2, -0.15) is 0 Å². The van der Waals surface area contributed by atoms with Gasteiger partial charge in [0.15, 0.2) is 0 Å². The normalized spacial score (nSPS) is 14.4. The first kappa shape index (κ1) is 14.7. The zero-order valence-electron chi connectivity index (χ0n) is 10.3. The number of Topliss-reactive ketones (excluding diaryl/α,β-unsaturated/α-hetero) is 1. The fourth-order valence-electron chi connectivity index (χ4n) is 1.52. The molecule has 0 bridgehead atoms. The van der Waals surface area contributed by atoms with E-state index in [-0.39, 0.29) is 11.8 Å². The Morgan fingerprint density at radius 2 is 2.25 bits per heavy atom. The van der Waals surface area contributed by atoms with Crippen LogP contribution in [0, 0.1) is 0 Å². The van der Waals surface area contributed by atoms with Crippen LogP contribution in [0.15, 0.2) is 28.9 Å². The van der Waals surface area contributed by atoms with Crippen molar-refractivity contribution >= 4 is 12.5 Å². The van der Waals surface area contributed by atoms with E-state index in [1.54, 1.807) is 20.2 Å². The van der Waals surface area contributed by atoms with Gasteiger partial charge < -0.3 is 0 Å². The van der Waals surface area contributed by atoms with Gasteiger partial charge in [0.05, 0.1) is 6.04 Å². The van der Waals surface area contributed by atoms with E-state index in [0.29, 0.717) is 6.42 Å². The first-order valence-corrected chi connectivity index (χ1v) is 5.28. The Kier molecular flexibility index (Phi) is 7.33. The van der Waals surface area contributed by atoms with Gasteiger partial charge in [-0.15, -0.1) is 0 Å². The second kappa shape index (κ2) is 7.96. The summed E-state index contributed by atoms with van der Waals surface area (Å²) in [6.07, 6.45) is 7.05.